The molecule has 2 heterocycles. The number of aryl methyl sites for hydroxylation is 2. The first-order valence-electron chi connectivity index (χ1n) is 6.75. The first kappa shape index (κ1) is 13.8. The fourth-order valence-electron chi connectivity index (χ4n) is 2.84. The van der Waals surface area contributed by atoms with Gasteiger partial charge in [0.1, 0.15) is 5.69 Å². The van der Waals surface area contributed by atoms with Crippen LogP contribution in [0.25, 0.3) is 0 Å². The molecule has 0 aromatic carbocycles. The van der Waals surface area contributed by atoms with E-state index in [2.05, 4.69) is 23.8 Å². The predicted octanol–water partition coefficient (Wildman–Crippen LogP) is 2.65. The van der Waals surface area contributed by atoms with E-state index in [1.165, 1.54) is 0 Å². The molecular weight excluding hydrogens is 244 g/mol. The summed E-state index contributed by atoms with van der Waals surface area (Å²) in [6.07, 6.45) is 3.27. The van der Waals surface area contributed by atoms with Gasteiger partial charge in [0.05, 0.1) is 4.92 Å². The molecule has 1 saturated heterocycles. The molecule has 0 unspecified atom stereocenters. The predicted molar refractivity (Wildman–Crippen MR) is 74.4 cm³/mol. The smallest absolute Gasteiger partial charge is 0.333 e. The second-order valence-corrected chi connectivity index (χ2v) is 6.14. The lowest BCUT2D eigenvalue weighted by molar-refractivity contribution is -0.384. The highest BCUT2D eigenvalue weighted by molar-refractivity contribution is 5.61. The summed E-state index contributed by atoms with van der Waals surface area (Å²) in [5.74, 6) is 0.653. The number of anilines is 1. The van der Waals surface area contributed by atoms with Crippen molar-refractivity contribution in [2.45, 2.75) is 40.0 Å². The highest BCUT2D eigenvalue weighted by atomic mass is 16.6. The Balaban J connectivity index is 2.34. The maximum Gasteiger partial charge on any atom is 0.333 e. The maximum atomic E-state index is 11.2. The first-order valence-corrected chi connectivity index (χ1v) is 6.75. The third kappa shape index (κ3) is 2.72. The van der Waals surface area contributed by atoms with Gasteiger partial charge in [-0.2, -0.15) is 5.10 Å². The monoisotopic (exact) mass is 266 g/mol. The largest absolute Gasteiger partial charge is 0.351 e. The Morgan fingerprint density at radius 2 is 2.00 bits per heavy atom. The summed E-state index contributed by atoms with van der Waals surface area (Å²) in [6, 6.07) is 0. The average molecular weight is 266 g/mol. The van der Waals surface area contributed by atoms with Crippen molar-refractivity contribution in [1.82, 2.24) is 9.78 Å². The van der Waals surface area contributed by atoms with E-state index in [1.54, 1.807) is 18.7 Å². The minimum absolute atomic E-state index is 0.155. The molecule has 0 atom stereocenters. The van der Waals surface area contributed by atoms with Crippen LogP contribution < -0.4 is 4.90 Å². The van der Waals surface area contributed by atoms with Crippen LogP contribution in [-0.4, -0.2) is 27.8 Å². The van der Waals surface area contributed by atoms with Crippen LogP contribution in [0.1, 0.15) is 38.8 Å². The van der Waals surface area contributed by atoms with Crippen molar-refractivity contribution in [1.29, 1.82) is 0 Å². The summed E-state index contributed by atoms with van der Waals surface area (Å²) in [7, 11) is 1.78. The molecule has 19 heavy (non-hydrogen) atoms. The van der Waals surface area contributed by atoms with Crippen LogP contribution in [0.2, 0.25) is 0 Å². The number of aromatic nitrogens is 2. The Hall–Kier alpha value is -1.59. The van der Waals surface area contributed by atoms with Gasteiger partial charge >= 0.3 is 5.69 Å². The van der Waals surface area contributed by atoms with Crippen LogP contribution in [0.15, 0.2) is 0 Å². The highest BCUT2D eigenvalue weighted by Crippen LogP contribution is 2.36. The van der Waals surface area contributed by atoms with E-state index in [0.717, 1.165) is 32.4 Å². The van der Waals surface area contributed by atoms with Crippen molar-refractivity contribution in [3.8, 4) is 0 Å². The summed E-state index contributed by atoms with van der Waals surface area (Å²) in [4.78, 5) is 13.0. The Morgan fingerprint density at radius 1 is 1.32 bits per heavy atom. The Kier molecular flexibility index (Phi) is 3.52. The highest BCUT2D eigenvalue weighted by Gasteiger charge is 2.31. The standard InChI is InChI=1S/C13H22N4O2/c1-10-11(17(18)19)12(15(4)14-10)16-8-5-6-13(2,3)7-9-16/h5-9H2,1-4H3. The Bertz CT molecular complexity index is 493. The second kappa shape index (κ2) is 4.83. The lowest BCUT2D eigenvalue weighted by Gasteiger charge is -2.24. The molecular formula is C13H22N4O2. The summed E-state index contributed by atoms with van der Waals surface area (Å²) < 4.78 is 1.64. The van der Waals surface area contributed by atoms with E-state index in [1.807, 2.05) is 0 Å². The minimum Gasteiger partial charge on any atom is -0.351 e. The Morgan fingerprint density at radius 3 is 2.63 bits per heavy atom. The third-order valence-corrected chi connectivity index (χ3v) is 3.98. The molecule has 0 amide bonds. The lowest BCUT2D eigenvalue weighted by Crippen LogP contribution is -2.27. The zero-order chi connectivity index (χ0) is 14.2. The first-order chi connectivity index (χ1) is 8.82. The van der Waals surface area contributed by atoms with Crippen molar-refractivity contribution in [2.75, 3.05) is 18.0 Å². The molecule has 1 fully saturated rings. The number of nitrogens with zero attached hydrogens (tertiary/aromatic N) is 4. The van der Waals surface area contributed by atoms with Crippen molar-refractivity contribution in [3.05, 3.63) is 15.8 Å². The van der Waals surface area contributed by atoms with Crippen molar-refractivity contribution in [2.24, 2.45) is 12.5 Å². The van der Waals surface area contributed by atoms with Crippen LogP contribution in [0.3, 0.4) is 0 Å². The minimum atomic E-state index is -0.312. The molecule has 0 saturated carbocycles. The molecule has 2 rings (SSSR count). The van der Waals surface area contributed by atoms with Crippen LogP contribution in [0.5, 0.6) is 0 Å². The lowest BCUT2D eigenvalue weighted by atomic mass is 9.85. The number of hydrogen-bond acceptors (Lipinski definition) is 4. The van der Waals surface area contributed by atoms with Gasteiger partial charge in [-0.05, 0) is 31.6 Å². The number of rotatable bonds is 2. The van der Waals surface area contributed by atoms with Crippen LogP contribution in [0.4, 0.5) is 11.5 Å². The molecule has 0 bridgehead atoms. The molecule has 0 aliphatic carbocycles. The molecule has 0 spiro atoms. The number of hydrogen-bond donors (Lipinski definition) is 0. The van der Waals surface area contributed by atoms with Gasteiger partial charge in [-0.3, -0.25) is 10.1 Å². The van der Waals surface area contributed by atoms with E-state index in [4.69, 9.17) is 0 Å². The summed E-state index contributed by atoms with van der Waals surface area (Å²) in [6.45, 7) is 7.94. The quantitative estimate of drug-likeness (QED) is 0.609. The summed E-state index contributed by atoms with van der Waals surface area (Å²) in [5.41, 5.74) is 0.963. The van der Waals surface area contributed by atoms with Gasteiger partial charge in [0.2, 0.25) is 5.82 Å². The maximum absolute atomic E-state index is 11.2. The van der Waals surface area contributed by atoms with E-state index in [-0.39, 0.29) is 10.6 Å². The van der Waals surface area contributed by atoms with Crippen molar-refractivity contribution in [3.63, 3.8) is 0 Å². The van der Waals surface area contributed by atoms with E-state index >= 15 is 0 Å². The van der Waals surface area contributed by atoms with Crippen molar-refractivity contribution >= 4 is 11.5 Å². The SMILES string of the molecule is Cc1nn(C)c(N2CCCC(C)(C)CC2)c1[N+](=O)[O-]. The molecule has 106 valence electrons. The molecule has 1 aromatic heterocycles. The fraction of sp³-hybridized carbons (Fsp3) is 0.769. The van der Waals surface area contributed by atoms with Crippen molar-refractivity contribution < 1.29 is 4.92 Å². The van der Waals surface area contributed by atoms with E-state index in [0.29, 0.717) is 16.9 Å². The van der Waals surface area contributed by atoms with Gasteiger partial charge in [-0.25, -0.2) is 4.68 Å². The molecule has 1 aromatic rings. The molecule has 1 aliphatic heterocycles. The van der Waals surface area contributed by atoms with Gasteiger partial charge in [0.15, 0.2) is 0 Å². The van der Waals surface area contributed by atoms with Gasteiger partial charge in [-0.15, -0.1) is 0 Å². The molecule has 6 nitrogen and oxygen atoms in total. The van der Waals surface area contributed by atoms with Gasteiger partial charge in [0, 0.05) is 20.1 Å². The normalized spacial score (nSPS) is 19.3. The molecule has 6 heteroatoms. The van der Waals surface area contributed by atoms with Gasteiger partial charge in [-0.1, -0.05) is 13.8 Å². The second-order valence-electron chi connectivity index (χ2n) is 6.14. The zero-order valence-electron chi connectivity index (χ0n) is 12.1. The van der Waals surface area contributed by atoms with Gasteiger partial charge < -0.3 is 4.90 Å². The fourth-order valence-corrected chi connectivity index (χ4v) is 2.84. The van der Waals surface area contributed by atoms with Crippen LogP contribution in [-0.2, 0) is 7.05 Å². The third-order valence-electron chi connectivity index (χ3n) is 3.98. The molecule has 0 N–H and O–H groups in total. The van der Waals surface area contributed by atoms with E-state index < -0.39 is 0 Å². The van der Waals surface area contributed by atoms with E-state index in [9.17, 15) is 10.1 Å². The van der Waals surface area contributed by atoms with Gasteiger partial charge in [0.25, 0.3) is 0 Å². The zero-order valence-corrected chi connectivity index (χ0v) is 12.1. The average Bonchev–Trinajstić information content (AvgIpc) is 2.47. The summed E-state index contributed by atoms with van der Waals surface area (Å²) >= 11 is 0. The van der Waals surface area contributed by atoms with Crippen LogP contribution >= 0.6 is 0 Å². The topological polar surface area (TPSA) is 64.2 Å². The summed E-state index contributed by atoms with van der Waals surface area (Å²) in [5, 5.41) is 15.4. The molecule has 0 radical (unpaired) electrons. The molecule has 1 aliphatic rings. The van der Waals surface area contributed by atoms with Crippen LogP contribution in [0, 0.1) is 22.5 Å². The number of nitro groups is 1. The Labute approximate surface area is 113 Å².